The van der Waals surface area contributed by atoms with E-state index in [1.54, 1.807) is 12.1 Å². The maximum atomic E-state index is 12.4. The second-order valence-corrected chi connectivity index (χ2v) is 7.79. The molecular formula is C18H13ClN2O6S. The lowest BCUT2D eigenvalue weighted by molar-refractivity contribution is -0.123. The number of imide groups is 2. The summed E-state index contributed by atoms with van der Waals surface area (Å²) in [7, 11) is -4.08. The lowest BCUT2D eigenvalue weighted by atomic mass is 10.1. The van der Waals surface area contributed by atoms with Crippen molar-refractivity contribution < 1.29 is 27.0 Å². The number of amides is 4. The molecule has 4 amide bonds. The van der Waals surface area contributed by atoms with Gasteiger partial charge < -0.3 is 4.18 Å². The van der Waals surface area contributed by atoms with Gasteiger partial charge in [0.05, 0.1) is 5.02 Å². The average Bonchev–Trinajstić information content (AvgIpc) is 2.60. The minimum atomic E-state index is -4.08. The van der Waals surface area contributed by atoms with E-state index >= 15 is 0 Å². The SMILES string of the molecule is Cc1ccc(S(=O)(=O)Oc2ccc(C=C3C(=O)NC(=O)NC3=O)cc2Cl)cc1. The minimum absolute atomic E-state index is 0.0272. The Labute approximate surface area is 165 Å². The highest BCUT2D eigenvalue weighted by atomic mass is 35.5. The quantitative estimate of drug-likeness (QED) is 0.444. The molecule has 28 heavy (non-hydrogen) atoms. The highest BCUT2D eigenvalue weighted by Crippen LogP contribution is 2.29. The van der Waals surface area contributed by atoms with Crippen LogP contribution >= 0.6 is 11.6 Å². The van der Waals surface area contributed by atoms with Crippen LogP contribution in [0.25, 0.3) is 6.08 Å². The zero-order valence-electron chi connectivity index (χ0n) is 14.4. The summed E-state index contributed by atoms with van der Waals surface area (Å²) in [5.41, 5.74) is 0.934. The molecule has 2 N–H and O–H groups in total. The highest BCUT2D eigenvalue weighted by Gasteiger charge is 2.27. The van der Waals surface area contributed by atoms with E-state index in [2.05, 4.69) is 0 Å². The van der Waals surface area contributed by atoms with E-state index in [9.17, 15) is 22.8 Å². The van der Waals surface area contributed by atoms with Crippen molar-refractivity contribution in [3.05, 3.63) is 64.2 Å². The summed E-state index contributed by atoms with van der Waals surface area (Å²) in [5, 5.41) is 3.84. The summed E-state index contributed by atoms with van der Waals surface area (Å²) in [6, 6.07) is 9.23. The Balaban J connectivity index is 1.86. The van der Waals surface area contributed by atoms with Crippen LogP contribution < -0.4 is 14.8 Å². The fraction of sp³-hybridized carbons (Fsp3) is 0.0556. The largest absolute Gasteiger partial charge is 0.377 e. The van der Waals surface area contributed by atoms with E-state index in [0.29, 0.717) is 5.56 Å². The third-order valence-corrected chi connectivity index (χ3v) is 5.26. The third-order valence-electron chi connectivity index (χ3n) is 3.72. The van der Waals surface area contributed by atoms with Crippen molar-refractivity contribution in [3.63, 3.8) is 0 Å². The van der Waals surface area contributed by atoms with Gasteiger partial charge in [0.25, 0.3) is 11.8 Å². The van der Waals surface area contributed by atoms with Crippen LogP contribution in [0.1, 0.15) is 11.1 Å². The van der Waals surface area contributed by atoms with Gasteiger partial charge in [0, 0.05) is 0 Å². The van der Waals surface area contributed by atoms with Gasteiger partial charge in [-0.3, -0.25) is 20.2 Å². The Hall–Kier alpha value is -3.17. The van der Waals surface area contributed by atoms with E-state index in [1.165, 1.54) is 36.4 Å². The zero-order valence-corrected chi connectivity index (χ0v) is 15.9. The molecule has 0 spiro atoms. The molecule has 1 saturated heterocycles. The van der Waals surface area contributed by atoms with Crippen molar-refractivity contribution in [2.24, 2.45) is 0 Å². The maximum Gasteiger partial charge on any atom is 0.339 e. The number of nitrogens with one attached hydrogen (secondary N) is 2. The molecule has 1 aliphatic heterocycles. The minimum Gasteiger partial charge on any atom is -0.377 e. The number of hydrogen-bond donors (Lipinski definition) is 2. The van der Waals surface area contributed by atoms with Crippen LogP contribution in [0.2, 0.25) is 5.02 Å². The summed E-state index contributed by atoms with van der Waals surface area (Å²) < 4.78 is 29.8. The summed E-state index contributed by atoms with van der Waals surface area (Å²) >= 11 is 6.09. The van der Waals surface area contributed by atoms with Gasteiger partial charge in [-0.2, -0.15) is 8.42 Å². The van der Waals surface area contributed by atoms with E-state index < -0.39 is 28.0 Å². The predicted octanol–water partition coefficient (Wildman–Crippen LogP) is 2.17. The van der Waals surface area contributed by atoms with Crippen LogP contribution in [0.15, 0.2) is 52.9 Å². The summed E-state index contributed by atoms with van der Waals surface area (Å²) in [6.07, 6.45) is 1.21. The Morgan fingerprint density at radius 2 is 1.57 bits per heavy atom. The van der Waals surface area contributed by atoms with Crippen LogP contribution in [0.5, 0.6) is 5.75 Å². The Morgan fingerprint density at radius 1 is 0.964 bits per heavy atom. The van der Waals surface area contributed by atoms with Crippen molar-refractivity contribution >= 4 is 45.6 Å². The smallest absolute Gasteiger partial charge is 0.339 e. The number of benzene rings is 2. The van der Waals surface area contributed by atoms with E-state index in [-0.39, 0.29) is 21.2 Å². The topological polar surface area (TPSA) is 119 Å². The fourth-order valence-electron chi connectivity index (χ4n) is 2.32. The molecule has 0 aliphatic carbocycles. The van der Waals surface area contributed by atoms with E-state index in [1.807, 2.05) is 17.6 Å². The number of rotatable bonds is 4. The second kappa shape index (κ2) is 7.45. The fourth-order valence-corrected chi connectivity index (χ4v) is 3.54. The normalized spacial score (nSPS) is 14.4. The van der Waals surface area contributed by atoms with Crippen molar-refractivity contribution in [1.29, 1.82) is 0 Å². The summed E-state index contributed by atoms with van der Waals surface area (Å²) in [6.45, 7) is 1.82. The van der Waals surface area contributed by atoms with Crippen LogP contribution in [-0.4, -0.2) is 26.3 Å². The first-order valence-electron chi connectivity index (χ1n) is 7.85. The molecule has 144 valence electrons. The van der Waals surface area contributed by atoms with Crippen molar-refractivity contribution in [3.8, 4) is 5.75 Å². The molecule has 0 bridgehead atoms. The first kappa shape index (κ1) is 19.6. The first-order valence-corrected chi connectivity index (χ1v) is 9.63. The van der Waals surface area contributed by atoms with Gasteiger partial charge in [-0.1, -0.05) is 35.4 Å². The lowest BCUT2D eigenvalue weighted by Crippen LogP contribution is -2.51. The Kier molecular flexibility index (Phi) is 5.21. The molecule has 0 aromatic heterocycles. The van der Waals surface area contributed by atoms with Crippen LogP contribution in [0.3, 0.4) is 0 Å². The van der Waals surface area contributed by atoms with E-state index in [0.717, 1.165) is 5.56 Å². The van der Waals surface area contributed by atoms with Crippen LogP contribution in [0, 0.1) is 6.92 Å². The first-order chi connectivity index (χ1) is 13.2. The number of urea groups is 1. The molecule has 8 nitrogen and oxygen atoms in total. The van der Waals surface area contributed by atoms with E-state index in [4.69, 9.17) is 15.8 Å². The Morgan fingerprint density at radius 3 is 2.14 bits per heavy atom. The van der Waals surface area contributed by atoms with Gasteiger partial charge in [-0.05, 0) is 42.8 Å². The number of barbiturate groups is 1. The van der Waals surface area contributed by atoms with Crippen molar-refractivity contribution in [1.82, 2.24) is 10.6 Å². The highest BCUT2D eigenvalue weighted by molar-refractivity contribution is 7.87. The van der Waals surface area contributed by atoms with Gasteiger partial charge in [0.2, 0.25) is 0 Å². The summed E-state index contributed by atoms with van der Waals surface area (Å²) in [5.74, 6) is -1.82. The number of aryl methyl sites for hydroxylation is 1. The van der Waals surface area contributed by atoms with Crippen molar-refractivity contribution in [2.45, 2.75) is 11.8 Å². The number of hydrogen-bond acceptors (Lipinski definition) is 6. The number of halogens is 1. The van der Waals surface area contributed by atoms with Gasteiger partial charge in [0.1, 0.15) is 10.5 Å². The molecule has 2 aromatic rings. The van der Waals surface area contributed by atoms with Crippen molar-refractivity contribution in [2.75, 3.05) is 0 Å². The predicted molar refractivity (Wildman–Crippen MR) is 100 cm³/mol. The van der Waals surface area contributed by atoms with Crippen LogP contribution in [0.4, 0.5) is 4.79 Å². The molecule has 3 rings (SSSR count). The maximum absolute atomic E-state index is 12.4. The molecule has 0 unspecified atom stereocenters. The van der Waals surface area contributed by atoms with Gasteiger partial charge in [-0.25, -0.2) is 4.79 Å². The van der Waals surface area contributed by atoms with Gasteiger partial charge in [-0.15, -0.1) is 0 Å². The molecule has 1 aliphatic rings. The lowest BCUT2D eigenvalue weighted by Gasteiger charge is -2.14. The third kappa shape index (κ3) is 4.21. The molecule has 1 heterocycles. The molecule has 0 saturated carbocycles. The molecule has 0 atom stereocenters. The molecule has 1 fully saturated rings. The number of carbonyl (C=O) groups excluding carboxylic acids is 3. The standard InChI is InChI=1S/C18H13ClN2O6S/c1-10-2-5-12(6-3-10)28(25,26)27-15-7-4-11(9-14(15)19)8-13-16(22)20-18(24)21-17(13)23/h2-9H,1H3,(H2,20,21,22,23,24). The summed E-state index contributed by atoms with van der Waals surface area (Å²) in [4.78, 5) is 34.5. The second-order valence-electron chi connectivity index (χ2n) is 5.84. The van der Waals surface area contributed by atoms with Gasteiger partial charge >= 0.3 is 16.1 Å². The molecule has 0 radical (unpaired) electrons. The molecule has 10 heteroatoms. The number of carbonyl (C=O) groups is 3. The van der Waals surface area contributed by atoms with Crippen LogP contribution in [-0.2, 0) is 19.7 Å². The van der Waals surface area contributed by atoms with Gasteiger partial charge in [0.15, 0.2) is 5.75 Å². The average molecular weight is 421 g/mol. The molecule has 2 aromatic carbocycles. The Bertz CT molecular complexity index is 1100. The zero-order chi connectivity index (χ0) is 20.5. The molecular weight excluding hydrogens is 408 g/mol. The monoisotopic (exact) mass is 420 g/mol.